The van der Waals surface area contributed by atoms with E-state index >= 15 is 0 Å². The first-order valence-corrected chi connectivity index (χ1v) is 5.39. The van der Waals surface area contributed by atoms with Gasteiger partial charge in [-0.25, -0.2) is 0 Å². The zero-order valence-corrected chi connectivity index (χ0v) is 10.1. The molecule has 15 heavy (non-hydrogen) atoms. The summed E-state index contributed by atoms with van der Waals surface area (Å²) in [6, 6.07) is 7.64. The Labute approximate surface area is 97.8 Å². The van der Waals surface area contributed by atoms with Gasteiger partial charge in [-0.05, 0) is 31.0 Å². The van der Waals surface area contributed by atoms with E-state index in [4.69, 9.17) is 5.11 Å². The normalized spacial score (nSPS) is 14.3. The molecule has 1 atom stereocenters. The van der Waals surface area contributed by atoms with Crippen LogP contribution in [0.5, 0.6) is 0 Å². The fourth-order valence-electron chi connectivity index (χ4n) is 1.31. The van der Waals surface area contributed by atoms with Crippen molar-refractivity contribution in [2.75, 3.05) is 0 Å². The van der Waals surface area contributed by atoms with Gasteiger partial charge in [0.05, 0.1) is 5.41 Å². The average Bonchev–Trinajstić information content (AvgIpc) is 2.17. The van der Waals surface area contributed by atoms with Gasteiger partial charge in [-0.3, -0.25) is 4.79 Å². The van der Waals surface area contributed by atoms with Crippen LogP contribution in [0.25, 0.3) is 0 Å². The Hall–Kier alpha value is -1.09. The molecule has 2 nitrogen and oxygen atoms in total. The first-order valence-electron chi connectivity index (χ1n) is 4.59. The second-order valence-electron chi connectivity index (χ2n) is 3.73. The summed E-state index contributed by atoms with van der Waals surface area (Å²) in [7, 11) is 0. The van der Waals surface area contributed by atoms with Crippen molar-refractivity contribution in [1.29, 1.82) is 0 Å². The van der Waals surface area contributed by atoms with Crippen molar-refractivity contribution in [2.45, 2.75) is 13.3 Å². The lowest BCUT2D eigenvalue weighted by atomic mass is 9.84. The summed E-state index contributed by atoms with van der Waals surface area (Å²) in [5, 5.41) is 9.08. The molecule has 0 bridgehead atoms. The Morgan fingerprint density at radius 3 is 2.80 bits per heavy atom. The van der Waals surface area contributed by atoms with Crippen molar-refractivity contribution in [1.82, 2.24) is 0 Å². The molecule has 0 radical (unpaired) electrons. The maximum Gasteiger partial charge on any atom is 0.313 e. The molecule has 0 aliphatic heterocycles. The number of aliphatic carboxylic acids is 1. The van der Waals surface area contributed by atoms with Gasteiger partial charge in [0.2, 0.25) is 0 Å². The lowest BCUT2D eigenvalue weighted by molar-refractivity contribution is -0.145. The summed E-state index contributed by atoms with van der Waals surface area (Å²) in [6.45, 7) is 5.25. The third-order valence-electron chi connectivity index (χ3n) is 2.40. The second kappa shape index (κ2) is 4.62. The van der Waals surface area contributed by atoms with E-state index in [1.807, 2.05) is 24.3 Å². The third kappa shape index (κ3) is 2.93. The van der Waals surface area contributed by atoms with Gasteiger partial charge in [0.1, 0.15) is 0 Å². The molecule has 0 aliphatic rings. The molecule has 1 unspecified atom stereocenters. The Balaban J connectivity index is 2.93. The summed E-state index contributed by atoms with van der Waals surface area (Å²) in [5.41, 5.74) is 0.0787. The van der Waals surface area contributed by atoms with Crippen molar-refractivity contribution in [3.63, 3.8) is 0 Å². The summed E-state index contributed by atoms with van der Waals surface area (Å²) in [4.78, 5) is 11.1. The van der Waals surface area contributed by atoms with Gasteiger partial charge in [-0.1, -0.05) is 34.1 Å². The molecule has 1 rings (SSSR count). The Morgan fingerprint density at radius 1 is 1.67 bits per heavy atom. The molecule has 0 amide bonds. The van der Waals surface area contributed by atoms with Crippen LogP contribution in [0.1, 0.15) is 12.5 Å². The van der Waals surface area contributed by atoms with Crippen LogP contribution >= 0.6 is 15.9 Å². The minimum absolute atomic E-state index is 0.450. The lowest BCUT2D eigenvalue weighted by Gasteiger charge is -2.20. The van der Waals surface area contributed by atoms with Gasteiger partial charge in [0.15, 0.2) is 0 Å². The molecule has 0 saturated carbocycles. The summed E-state index contributed by atoms with van der Waals surface area (Å²) in [5.74, 6) is -0.850. The Morgan fingerprint density at radius 2 is 2.33 bits per heavy atom. The molecule has 0 aliphatic carbocycles. The van der Waals surface area contributed by atoms with E-state index in [9.17, 15) is 4.79 Å². The number of carboxylic acid groups (broad SMARTS) is 1. The van der Waals surface area contributed by atoms with Gasteiger partial charge in [-0.15, -0.1) is 6.58 Å². The third-order valence-corrected chi connectivity index (χ3v) is 2.89. The summed E-state index contributed by atoms with van der Waals surface area (Å²) in [6.07, 6.45) is 1.93. The molecule has 1 N–H and O–H groups in total. The molecule has 0 spiro atoms. The smallest absolute Gasteiger partial charge is 0.313 e. The Kier molecular flexibility index (Phi) is 3.69. The van der Waals surface area contributed by atoms with Gasteiger partial charge >= 0.3 is 5.97 Å². The minimum Gasteiger partial charge on any atom is -0.481 e. The van der Waals surface area contributed by atoms with Crippen LogP contribution in [0.4, 0.5) is 0 Å². The van der Waals surface area contributed by atoms with Crippen LogP contribution < -0.4 is 0 Å². The number of hydrogen-bond donors (Lipinski definition) is 1. The predicted molar refractivity (Wildman–Crippen MR) is 63.8 cm³/mol. The van der Waals surface area contributed by atoms with Gasteiger partial charge in [0, 0.05) is 4.47 Å². The van der Waals surface area contributed by atoms with E-state index in [1.54, 1.807) is 6.92 Å². The van der Waals surface area contributed by atoms with Crippen molar-refractivity contribution >= 4 is 21.9 Å². The molecule has 1 aromatic carbocycles. The first-order chi connectivity index (χ1) is 6.98. The zero-order chi connectivity index (χ0) is 11.5. The van der Waals surface area contributed by atoms with E-state index in [0.29, 0.717) is 6.42 Å². The van der Waals surface area contributed by atoms with Crippen molar-refractivity contribution < 1.29 is 9.90 Å². The maximum atomic E-state index is 11.1. The molecule has 0 heterocycles. The van der Waals surface area contributed by atoms with E-state index in [-0.39, 0.29) is 0 Å². The van der Waals surface area contributed by atoms with Crippen LogP contribution in [0.15, 0.2) is 41.4 Å². The molecule has 1 aromatic rings. The van der Waals surface area contributed by atoms with Crippen LogP contribution in [-0.2, 0) is 11.2 Å². The lowest BCUT2D eigenvalue weighted by Crippen LogP contribution is -2.27. The van der Waals surface area contributed by atoms with Crippen molar-refractivity contribution in [3.8, 4) is 0 Å². The molecular weight excluding hydrogens is 256 g/mol. The highest BCUT2D eigenvalue weighted by Gasteiger charge is 2.29. The number of rotatable bonds is 4. The second-order valence-corrected chi connectivity index (χ2v) is 4.65. The molecule has 3 heteroatoms. The summed E-state index contributed by atoms with van der Waals surface area (Å²) >= 11 is 3.36. The topological polar surface area (TPSA) is 37.3 Å². The maximum absolute atomic E-state index is 11.1. The van der Waals surface area contributed by atoms with Crippen LogP contribution in [0.3, 0.4) is 0 Å². The number of halogens is 1. The highest BCUT2D eigenvalue weighted by atomic mass is 79.9. The molecule has 0 fully saturated rings. The highest BCUT2D eigenvalue weighted by molar-refractivity contribution is 9.10. The quantitative estimate of drug-likeness (QED) is 0.852. The SMILES string of the molecule is C=CC(C)(Cc1cccc(Br)c1)C(=O)O. The standard InChI is InChI=1S/C12H13BrO2/c1-3-12(2,11(14)15)8-9-5-4-6-10(13)7-9/h3-7H,1,8H2,2H3,(H,14,15). The fourth-order valence-corrected chi connectivity index (χ4v) is 1.75. The van der Waals surface area contributed by atoms with Gasteiger partial charge in [-0.2, -0.15) is 0 Å². The summed E-state index contributed by atoms with van der Waals surface area (Å²) < 4.78 is 0.955. The van der Waals surface area contributed by atoms with Gasteiger partial charge in [0.25, 0.3) is 0 Å². The number of hydrogen-bond acceptors (Lipinski definition) is 1. The van der Waals surface area contributed by atoms with Crippen molar-refractivity contribution in [3.05, 3.63) is 47.0 Å². The van der Waals surface area contributed by atoms with Crippen LogP contribution in [-0.4, -0.2) is 11.1 Å². The predicted octanol–water partition coefficient (Wildman–Crippen LogP) is 3.27. The molecule has 0 aromatic heterocycles. The van der Waals surface area contributed by atoms with Crippen LogP contribution in [0.2, 0.25) is 0 Å². The van der Waals surface area contributed by atoms with E-state index in [2.05, 4.69) is 22.5 Å². The largest absolute Gasteiger partial charge is 0.481 e. The van der Waals surface area contributed by atoms with E-state index in [0.717, 1.165) is 10.0 Å². The van der Waals surface area contributed by atoms with Gasteiger partial charge < -0.3 is 5.11 Å². The number of benzene rings is 1. The Bertz CT molecular complexity index is 387. The zero-order valence-electron chi connectivity index (χ0n) is 8.53. The van der Waals surface area contributed by atoms with Crippen molar-refractivity contribution in [2.24, 2.45) is 5.41 Å². The fraction of sp³-hybridized carbons (Fsp3) is 0.250. The highest BCUT2D eigenvalue weighted by Crippen LogP contribution is 2.25. The van der Waals surface area contributed by atoms with Crippen LogP contribution in [0, 0.1) is 5.41 Å². The average molecular weight is 269 g/mol. The minimum atomic E-state index is -0.902. The monoisotopic (exact) mass is 268 g/mol. The molecular formula is C12H13BrO2. The number of carbonyl (C=O) groups is 1. The van der Waals surface area contributed by atoms with E-state index < -0.39 is 11.4 Å². The van der Waals surface area contributed by atoms with E-state index in [1.165, 1.54) is 6.08 Å². The molecule has 80 valence electrons. The molecule has 0 saturated heterocycles. The number of carboxylic acids is 1. The first kappa shape index (κ1) is 12.0.